The van der Waals surface area contributed by atoms with Crippen molar-refractivity contribution in [3.63, 3.8) is 0 Å². The van der Waals surface area contributed by atoms with E-state index in [2.05, 4.69) is 35.1 Å². The molecule has 0 bridgehead atoms. The smallest absolute Gasteiger partial charge is 0.158 e. The standard InChI is InChI=1S/C16H16N8/c17-6-11-7-20-16(9-19-11)23-15-5-14-13(8-21-15)22-10-24(14)12-1-3-18-4-2-12/h5,7-10,12,18H,1-4H2,(H,20,21,23). The lowest BCUT2D eigenvalue weighted by Crippen LogP contribution is -2.29. The summed E-state index contributed by atoms with van der Waals surface area (Å²) in [6, 6.07) is 4.38. The van der Waals surface area contributed by atoms with Crippen LogP contribution in [-0.2, 0) is 0 Å². The van der Waals surface area contributed by atoms with Gasteiger partial charge in [0.2, 0.25) is 0 Å². The molecule has 4 rings (SSSR count). The van der Waals surface area contributed by atoms with E-state index in [-0.39, 0.29) is 5.69 Å². The van der Waals surface area contributed by atoms with Crippen molar-refractivity contribution in [2.45, 2.75) is 18.9 Å². The third-order valence-corrected chi connectivity index (χ3v) is 4.19. The number of hydrogen-bond donors (Lipinski definition) is 2. The Hall–Kier alpha value is -3.05. The molecule has 4 heterocycles. The minimum absolute atomic E-state index is 0.285. The molecule has 0 aromatic carbocycles. The van der Waals surface area contributed by atoms with Gasteiger partial charge in [-0.2, -0.15) is 5.26 Å². The van der Waals surface area contributed by atoms with Crippen molar-refractivity contribution >= 4 is 22.7 Å². The minimum Gasteiger partial charge on any atom is -0.327 e. The van der Waals surface area contributed by atoms with Crippen LogP contribution in [0.4, 0.5) is 11.6 Å². The quantitative estimate of drug-likeness (QED) is 0.757. The largest absolute Gasteiger partial charge is 0.327 e. The summed E-state index contributed by atoms with van der Waals surface area (Å²) in [4.78, 5) is 17.0. The predicted molar refractivity (Wildman–Crippen MR) is 88.7 cm³/mol. The molecule has 1 aliphatic heterocycles. The van der Waals surface area contributed by atoms with Crippen molar-refractivity contribution < 1.29 is 0 Å². The van der Waals surface area contributed by atoms with Crippen molar-refractivity contribution in [1.29, 1.82) is 5.26 Å². The van der Waals surface area contributed by atoms with Gasteiger partial charge in [0.25, 0.3) is 0 Å². The molecule has 120 valence electrons. The highest BCUT2D eigenvalue weighted by Gasteiger charge is 2.17. The summed E-state index contributed by atoms with van der Waals surface area (Å²) in [5.74, 6) is 1.23. The first-order valence-electron chi connectivity index (χ1n) is 7.86. The van der Waals surface area contributed by atoms with Crippen LogP contribution in [0.1, 0.15) is 24.6 Å². The third-order valence-electron chi connectivity index (χ3n) is 4.19. The van der Waals surface area contributed by atoms with Gasteiger partial charge in [0.1, 0.15) is 23.2 Å². The zero-order valence-corrected chi connectivity index (χ0v) is 13.0. The van der Waals surface area contributed by atoms with Crippen LogP contribution >= 0.6 is 0 Å². The lowest BCUT2D eigenvalue weighted by atomic mass is 10.1. The highest BCUT2D eigenvalue weighted by atomic mass is 15.1. The Bertz CT molecular complexity index is 887. The number of nitrogens with one attached hydrogen (secondary N) is 2. The van der Waals surface area contributed by atoms with E-state index in [1.807, 2.05) is 18.5 Å². The van der Waals surface area contributed by atoms with Gasteiger partial charge in [-0.3, -0.25) is 0 Å². The molecule has 1 saturated heterocycles. The van der Waals surface area contributed by atoms with Crippen LogP contribution < -0.4 is 10.6 Å². The van der Waals surface area contributed by atoms with Crippen LogP contribution in [0.3, 0.4) is 0 Å². The van der Waals surface area contributed by atoms with Crippen molar-refractivity contribution in [2.24, 2.45) is 0 Å². The molecule has 0 aliphatic carbocycles. The lowest BCUT2D eigenvalue weighted by Gasteiger charge is -2.24. The van der Waals surface area contributed by atoms with Gasteiger partial charge in [-0.25, -0.2) is 19.9 Å². The predicted octanol–water partition coefficient (Wildman–Crippen LogP) is 1.76. The van der Waals surface area contributed by atoms with Crippen LogP contribution in [0.15, 0.2) is 31.0 Å². The minimum atomic E-state index is 0.285. The van der Waals surface area contributed by atoms with E-state index in [1.54, 1.807) is 6.20 Å². The molecular weight excluding hydrogens is 304 g/mol. The van der Waals surface area contributed by atoms with Crippen molar-refractivity contribution in [3.8, 4) is 6.07 Å². The van der Waals surface area contributed by atoms with Gasteiger partial charge in [-0.1, -0.05) is 0 Å². The van der Waals surface area contributed by atoms with Crippen molar-refractivity contribution in [1.82, 2.24) is 29.8 Å². The Morgan fingerprint density at radius 1 is 1.08 bits per heavy atom. The molecule has 8 heteroatoms. The maximum absolute atomic E-state index is 8.77. The van der Waals surface area contributed by atoms with E-state index in [1.165, 1.54) is 12.4 Å². The van der Waals surface area contributed by atoms with E-state index < -0.39 is 0 Å². The maximum Gasteiger partial charge on any atom is 0.158 e. The molecular formula is C16H16N8. The normalized spacial score (nSPS) is 15.3. The van der Waals surface area contributed by atoms with Gasteiger partial charge < -0.3 is 15.2 Å². The summed E-state index contributed by atoms with van der Waals surface area (Å²) < 4.78 is 2.23. The number of rotatable bonds is 3. The molecule has 1 fully saturated rings. The second-order valence-corrected chi connectivity index (χ2v) is 5.71. The highest BCUT2D eigenvalue weighted by Crippen LogP contribution is 2.25. The summed E-state index contributed by atoms with van der Waals surface area (Å²) in [5.41, 5.74) is 2.22. The van der Waals surface area contributed by atoms with Crippen molar-refractivity contribution in [3.05, 3.63) is 36.7 Å². The number of anilines is 2. The molecule has 0 unspecified atom stereocenters. The summed E-state index contributed by atoms with van der Waals surface area (Å²) in [7, 11) is 0. The first kappa shape index (κ1) is 14.5. The third kappa shape index (κ3) is 2.77. The van der Waals surface area contributed by atoms with Gasteiger partial charge in [0.05, 0.1) is 30.4 Å². The first-order valence-corrected chi connectivity index (χ1v) is 7.86. The number of nitriles is 1. The Morgan fingerprint density at radius 3 is 2.67 bits per heavy atom. The highest BCUT2D eigenvalue weighted by molar-refractivity contribution is 5.78. The maximum atomic E-state index is 8.77. The number of fused-ring (bicyclic) bond motifs is 1. The fourth-order valence-corrected chi connectivity index (χ4v) is 2.96. The molecule has 0 amide bonds. The zero-order chi connectivity index (χ0) is 16.4. The Kier molecular flexibility index (Phi) is 3.76. The van der Waals surface area contributed by atoms with Crippen LogP contribution in [0, 0.1) is 11.3 Å². The Labute approximate surface area is 138 Å². The summed E-state index contributed by atoms with van der Waals surface area (Å²) in [6.45, 7) is 2.06. The molecule has 3 aromatic heterocycles. The van der Waals surface area contributed by atoms with Crippen LogP contribution in [0.25, 0.3) is 11.0 Å². The van der Waals surface area contributed by atoms with E-state index in [4.69, 9.17) is 5.26 Å². The van der Waals surface area contributed by atoms with Gasteiger partial charge in [0, 0.05) is 12.1 Å². The average Bonchev–Trinajstić information content (AvgIpc) is 3.06. The number of pyridine rings is 1. The Balaban J connectivity index is 1.62. The van der Waals surface area contributed by atoms with Gasteiger partial charge in [0.15, 0.2) is 5.69 Å². The monoisotopic (exact) mass is 320 g/mol. The molecule has 0 saturated carbocycles. The SMILES string of the molecule is N#Cc1cnc(Nc2cc3c(cn2)ncn3C2CCNCC2)cn1. The molecule has 0 radical (unpaired) electrons. The molecule has 8 nitrogen and oxygen atoms in total. The summed E-state index contributed by atoms with van der Waals surface area (Å²) in [5, 5.41) is 15.3. The lowest BCUT2D eigenvalue weighted by molar-refractivity contribution is 0.374. The fraction of sp³-hybridized carbons (Fsp3) is 0.312. The number of imidazole rings is 1. The molecule has 3 aromatic rings. The number of nitrogens with zero attached hydrogens (tertiary/aromatic N) is 6. The topological polar surface area (TPSA) is 104 Å². The number of hydrogen-bond acceptors (Lipinski definition) is 7. The fourth-order valence-electron chi connectivity index (χ4n) is 2.96. The van der Waals surface area contributed by atoms with E-state index in [0.29, 0.717) is 17.7 Å². The summed E-state index contributed by atoms with van der Waals surface area (Å²) >= 11 is 0. The van der Waals surface area contributed by atoms with Gasteiger partial charge in [-0.05, 0) is 25.9 Å². The van der Waals surface area contributed by atoms with Crippen LogP contribution in [0.5, 0.6) is 0 Å². The van der Waals surface area contributed by atoms with Gasteiger partial charge >= 0.3 is 0 Å². The van der Waals surface area contributed by atoms with Crippen LogP contribution in [0.2, 0.25) is 0 Å². The van der Waals surface area contributed by atoms with Gasteiger partial charge in [-0.15, -0.1) is 0 Å². The molecule has 24 heavy (non-hydrogen) atoms. The van der Waals surface area contributed by atoms with E-state index in [0.717, 1.165) is 37.0 Å². The van der Waals surface area contributed by atoms with E-state index in [9.17, 15) is 0 Å². The molecule has 0 spiro atoms. The second-order valence-electron chi connectivity index (χ2n) is 5.71. The molecule has 2 N–H and O–H groups in total. The second kappa shape index (κ2) is 6.22. The first-order chi connectivity index (χ1) is 11.8. The average molecular weight is 320 g/mol. The zero-order valence-electron chi connectivity index (χ0n) is 13.0. The molecule has 0 atom stereocenters. The number of aromatic nitrogens is 5. The number of piperidine rings is 1. The van der Waals surface area contributed by atoms with Crippen molar-refractivity contribution in [2.75, 3.05) is 18.4 Å². The molecule has 1 aliphatic rings. The summed E-state index contributed by atoms with van der Waals surface area (Å²) in [6.07, 6.45) is 8.80. The Morgan fingerprint density at radius 2 is 1.92 bits per heavy atom. The van der Waals surface area contributed by atoms with E-state index >= 15 is 0 Å². The van der Waals surface area contributed by atoms with Crippen LogP contribution in [-0.4, -0.2) is 37.6 Å².